The maximum atomic E-state index is 6.15. The molecule has 2 rings (SSSR count). The molecule has 1 N–H and O–H groups in total. The van der Waals surface area contributed by atoms with Gasteiger partial charge in [-0.2, -0.15) is 0 Å². The number of nitrogens with one attached hydrogen (secondary N) is 1. The fourth-order valence-electron chi connectivity index (χ4n) is 2.68. The van der Waals surface area contributed by atoms with Crippen molar-refractivity contribution in [2.75, 3.05) is 13.7 Å². The summed E-state index contributed by atoms with van der Waals surface area (Å²) in [6.45, 7) is 3.95. The fraction of sp³-hybridized carbons (Fsp3) is 0.688. The molecule has 1 fully saturated rings. The minimum absolute atomic E-state index is 0.210. The third kappa shape index (κ3) is 5.24. The summed E-state index contributed by atoms with van der Waals surface area (Å²) >= 11 is 3.49. The summed E-state index contributed by atoms with van der Waals surface area (Å²) in [4.78, 5) is 4.45. The Morgan fingerprint density at radius 2 is 2.19 bits per heavy atom. The molecule has 1 aliphatic carbocycles. The standard InChI is InChI=1S/C16H25BrN2O2/c1-3-7-18-10-12-8-13(17)11-19-16(12)21-15-6-4-5-14(9-15)20-2/h8,11,14-15,18H,3-7,9-10H2,1-2H3. The lowest BCUT2D eigenvalue weighted by molar-refractivity contribution is 0.0191. The first kappa shape index (κ1) is 16.7. The number of pyridine rings is 1. The monoisotopic (exact) mass is 356 g/mol. The Balaban J connectivity index is 2.00. The number of methoxy groups -OCH3 is 1. The van der Waals surface area contributed by atoms with Gasteiger partial charge in [0.25, 0.3) is 0 Å². The third-order valence-corrected chi connectivity index (χ3v) is 4.26. The molecule has 1 heterocycles. The smallest absolute Gasteiger partial charge is 0.218 e. The van der Waals surface area contributed by atoms with Gasteiger partial charge in [-0.05, 0) is 54.2 Å². The Morgan fingerprint density at radius 1 is 1.38 bits per heavy atom. The van der Waals surface area contributed by atoms with Crippen LogP contribution in [-0.2, 0) is 11.3 Å². The van der Waals surface area contributed by atoms with Gasteiger partial charge in [0.15, 0.2) is 0 Å². The molecule has 0 radical (unpaired) electrons. The van der Waals surface area contributed by atoms with E-state index in [0.717, 1.165) is 61.1 Å². The highest BCUT2D eigenvalue weighted by molar-refractivity contribution is 9.10. The lowest BCUT2D eigenvalue weighted by Crippen LogP contribution is -2.30. The molecule has 0 saturated heterocycles. The molecule has 1 aromatic heterocycles. The summed E-state index contributed by atoms with van der Waals surface area (Å²) in [5.74, 6) is 0.753. The van der Waals surface area contributed by atoms with Gasteiger partial charge in [-0.15, -0.1) is 0 Å². The molecule has 1 aromatic rings. The van der Waals surface area contributed by atoms with Gasteiger partial charge in [0.2, 0.25) is 5.88 Å². The second kappa shape index (κ2) is 8.71. The van der Waals surface area contributed by atoms with Gasteiger partial charge >= 0.3 is 0 Å². The molecule has 21 heavy (non-hydrogen) atoms. The number of aromatic nitrogens is 1. The largest absolute Gasteiger partial charge is 0.474 e. The van der Waals surface area contributed by atoms with Crippen LogP contribution in [-0.4, -0.2) is 30.8 Å². The van der Waals surface area contributed by atoms with Crippen LogP contribution in [0.5, 0.6) is 5.88 Å². The van der Waals surface area contributed by atoms with Gasteiger partial charge in [0.1, 0.15) is 6.10 Å². The molecule has 0 aliphatic heterocycles. The molecule has 0 spiro atoms. The highest BCUT2D eigenvalue weighted by Gasteiger charge is 2.24. The van der Waals surface area contributed by atoms with Crippen LogP contribution < -0.4 is 10.1 Å². The van der Waals surface area contributed by atoms with Crippen LogP contribution in [0.2, 0.25) is 0 Å². The van der Waals surface area contributed by atoms with Crippen molar-refractivity contribution in [2.24, 2.45) is 0 Å². The molecule has 5 heteroatoms. The normalized spacial score (nSPS) is 22.2. The van der Waals surface area contributed by atoms with Crippen LogP contribution in [0, 0.1) is 0 Å². The highest BCUT2D eigenvalue weighted by atomic mass is 79.9. The number of ether oxygens (including phenoxy) is 2. The minimum Gasteiger partial charge on any atom is -0.474 e. The van der Waals surface area contributed by atoms with Crippen LogP contribution >= 0.6 is 15.9 Å². The van der Waals surface area contributed by atoms with Crippen molar-refractivity contribution in [3.63, 3.8) is 0 Å². The number of rotatable bonds is 7. The van der Waals surface area contributed by atoms with E-state index in [4.69, 9.17) is 9.47 Å². The second-order valence-corrected chi connectivity index (χ2v) is 6.47. The average molecular weight is 357 g/mol. The minimum atomic E-state index is 0.210. The summed E-state index contributed by atoms with van der Waals surface area (Å²) in [7, 11) is 1.78. The van der Waals surface area contributed by atoms with Crippen molar-refractivity contribution in [3.05, 3.63) is 22.3 Å². The maximum absolute atomic E-state index is 6.15. The Bertz CT molecular complexity index is 442. The van der Waals surface area contributed by atoms with E-state index in [2.05, 4.69) is 39.2 Å². The van der Waals surface area contributed by atoms with E-state index in [1.807, 2.05) is 0 Å². The van der Waals surface area contributed by atoms with Gasteiger partial charge in [-0.1, -0.05) is 6.92 Å². The Hall–Kier alpha value is -0.650. The zero-order chi connectivity index (χ0) is 15.1. The lowest BCUT2D eigenvalue weighted by atomic mass is 9.95. The van der Waals surface area contributed by atoms with E-state index in [1.54, 1.807) is 13.3 Å². The average Bonchev–Trinajstić information content (AvgIpc) is 2.50. The Kier molecular flexibility index (Phi) is 6.93. The molecule has 0 bridgehead atoms. The Labute approximate surface area is 135 Å². The number of nitrogens with zero attached hydrogens (tertiary/aromatic N) is 1. The van der Waals surface area contributed by atoms with Crippen LogP contribution in [0.1, 0.15) is 44.6 Å². The first-order valence-corrected chi connectivity index (χ1v) is 8.56. The molecule has 1 aliphatic rings. The van der Waals surface area contributed by atoms with Crippen molar-refractivity contribution < 1.29 is 9.47 Å². The van der Waals surface area contributed by atoms with Crippen molar-refractivity contribution in [1.29, 1.82) is 0 Å². The van der Waals surface area contributed by atoms with Crippen molar-refractivity contribution in [1.82, 2.24) is 10.3 Å². The molecular formula is C16H25BrN2O2. The van der Waals surface area contributed by atoms with Gasteiger partial charge < -0.3 is 14.8 Å². The number of halogens is 1. The third-order valence-electron chi connectivity index (χ3n) is 3.82. The summed E-state index contributed by atoms with van der Waals surface area (Å²) < 4.78 is 12.6. The molecule has 0 aromatic carbocycles. The van der Waals surface area contributed by atoms with E-state index in [9.17, 15) is 0 Å². The van der Waals surface area contributed by atoms with Crippen molar-refractivity contribution in [3.8, 4) is 5.88 Å². The van der Waals surface area contributed by atoms with Crippen LogP contribution in [0.15, 0.2) is 16.7 Å². The van der Waals surface area contributed by atoms with E-state index < -0.39 is 0 Å². The molecule has 0 amide bonds. The van der Waals surface area contributed by atoms with Crippen molar-refractivity contribution in [2.45, 2.75) is 57.8 Å². The zero-order valence-corrected chi connectivity index (χ0v) is 14.5. The topological polar surface area (TPSA) is 43.4 Å². The van der Waals surface area contributed by atoms with E-state index in [-0.39, 0.29) is 6.10 Å². The first-order valence-electron chi connectivity index (χ1n) is 7.77. The molecule has 1 saturated carbocycles. The van der Waals surface area contributed by atoms with Gasteiger partial charge in [-0.25, -0.2) is 4.98 Å². The molecule has 2 atom stereocenters. The second-order valence-electron chi connectivity index (χ2n) is 5.56. The van der Waals surface area contributed by atoms with Gasteiger partial charge in [0.05, 0.1) is 6.10 Å². The summed E-state index contributed by atoms with van der Waals surface area (Å²) in [5, 5.41) is 3.41. The predicted octanol–water partition coefficient (Wildman–Crippen LogP) is 3.68. The Morgan fingerprint density at radius 3 is 2.95 bits per heavy atom. The van der Waals surface area contributed by atoms with Crippen molar-refractivity contribution >= 4 is 15.9 Å². The predicted molar refractivity (Wildman–Crippen MR) is 87.6 cm³/mol. The van der Waals surface area contributed by atoms with Crippen LogP contribution in [0.3, 0.4) is 0 Å². The SMILES string of the molecule is CCCNCc1cc(Br)cnc1OC1CCCC(OC)C1. The molecule has 2 unspecified atom stereocenters. The summed E-state index contributed by atoms with van der Waals surface area (Å²) in [5.41, 5.74) is 1.11. The quantitative estimate of drug-likeness (QED) is 0.756. The van der Waals surface area contributed by atoms with Gasteiger partial charge in [-0.3, -0.25) is 0 Å². The molecule has 4 nitrogen and oxygen atoms in total. The number of hydrogen-bond donors (Lipinski definition) is 1. The van der Waals surface area contributed by atoms with E-state index >= 15 is 0 Å². The lowest BCUT2D eigenvalue weighted by Gasteiger charge is -2.28. The van der Waals surface area contributed by atoms with Crippen LogP contribution in [0.25, 0.3) is 0 Å². The molecule has 118 valence electrons. The van der Waals surface area contributed by atoms with Crippen LogP contribution in [0.4, 0.5) is 0 Å². The zero-order valence-electron chi connectivity index (χ0n) is 12.9. The van der Waals surface area contributed by atoms with Gasteiger partial charge in [0, 0.05) is 36.3 Å². The maximum Gasteiger partial charge on any atom is 0.218 e. The number of hydrogen-bond acceptors (Lipinski definition) is 4. The van der Waals surface area contributed by atoms with E-state index in [0.29, 0.717) is 6.10 Å². The molecular weight excluding hydrogens is 332 g/mol. The fourth-order valence-corrected chi connectivity index (χ4v) is 3.06. The summed E-state index contributed by atoms with van der Waals surface area (Å²) in [6, 6.07) is 2.08. The first-order chi connectivity index (χ1) is 10.2. The summed E-state index contributed by atoms with van der Waals surface area (Å²) in [6.07, 6.45) is 7.78. The highest BCUT2D eigenvalue weighted by Crippen LogP contribution is 2.27. The van der Waals surface area contributed by atoms with E-state index in [1.165, 1.54) is 0 Å².